The van der Waals surface area contributed by atoms with Crippen LogP contribution in [0.3, 0.4) is 0 Å². The Kier molecular flexibility index (Phi) is 8.35. The van der Waals surface area contributed by atoms with Gasteiger partial charge in [0, 0.05) is 5.56 Å². The fourth-order valence-electron chi connectivity index (χ4n) is 5.91. The molecule has 2 fully saturated rings. The normalized spacial score (nSPS) is 29.0. The van der Waals surface area contributed by atoms with E-state index >= 15 is 0 Å². The van der Waals surface area contributed by atoms with Crippen molar-refractivity contribution in [3.8, 4) is 18.2 Å². The maximum Gasteiger partial charge on any atom is 0.244 e. The molecule has 2 saturated heterocycles. The van der Waals surface area contributed by atoms with Gasteiger partial charge in [0.2, 0.25) is 11.7 Å². The van der Waals surface area contributed by atoms with Crippen LogP contribution in [0.5, 0.6) is 0 Å². The Morgan fingerprint density at radius 3 is 1.97 bits per heavy atom. The lowest BCUT2D eigenvalue weighted by molar-refractivity contribution is -0.290. The second kappa shape index (κ2) is 11.0. The Balaban J connectivity index is 1.84. The van der Waals surface area contributed by atoms with Crippen molar-refractivity contribution < 1.29 is 9.47 Å². The SMILES string of the molecule is CCCCCCCCCCCC1OC2(c3ccccc3)OC(=N)C(C#N)(C2CC)C1(C#N)C#N. The molecule has 1 N–H and O–H groups in total. The van der Waals surface area contributed by atoms with Crippen molar-refractivity contribution in [3.63, 3.8) is 0 Å². The number of nitrogens with zero attached hydrogens (tertiary/aromatic N) is 3. The van der Waals surface area contributed by atoms with Crippen LogP contribution < -0.4 is 0 Å². The standard InChI is InChI=1S/C28H36N4O2/c1-3-5-6-7-8-9-10-11-15-18-24-26(19-29,20-30)27(21-31)23(4-2)28(33-24,34-25(27)32)22-16-13-12-14-17-22/h12-14,16-17,23-24,32H,3-11,15,18H2,1-2H3. The number of benzene rings is 1. The van der Waals surface area contributed by atoms with E-state index < -0.39 is 28.6 Å². The molecule has 4 unspecified atom stereocenters. The molecule has 180 valence electrons. The first-order valence-electron chi connectivity index (χ1n) is 12.8. The molecule has 6 heteroatoms. The fraction of sp³-hybridized carbons (Fsp3) is 0.643. The second-order valence-electron chi connectivity index (χ2n) is 9.60. The predicted octanol–water partition coefficient (Wildman–Crippen LogP) is 6.74. The molecule has 6 nitrogen and oxygen atoms in total. The van der Waals surface area contributed by atoms with Gasteiger partial charge >= 0.3 is 0 Å². The van der Waals surface area contributed by atoms with Crippen molar-refractivity contribution in [3.05, 3.63) is 35.9 Å². The molecule has 2 aliphatic heterocycles. The highest BCUT2D eigenvalue weighted by molar-refractivity contribution is 5.89. The lowest BCUT2D eigenvalue weighted by Gasteiger charge is -2.49. The van der Waals surface area contributed by atoms with Crippen LogP contribution in [-0.4, -0.2) is 12.0 Å². The molecule has 3 rings (SSSR count). The van der Waals surface area contributed by atoms with Gasteiger partial charge in [-0.15, -0.1) is 0 Å². The van der Waals surface area contributed by atoms with E-state index in [0.717, 1.165) is 19.3 Å². The molecule has 2 aliphatic rings. The lowest BCUT2D eigenvalue weighted by atomic mass is 9.52. The summed E-state index contributed by atoms with van der Waals surface area (Å²) in [6.45, 7) is 4.11. The molecule has 34 heavy (non-hydrogen) atoms. The van der Waals surface area contributed by atoms with Gasteiger partial charge in [0.15, 0.2) is 10.8 Å². The van der Waals surface area contributed by atoms with Gasteiger partial charge in [-0.25, -0.2) is 0 Å². The first kappa shape index (κ1) is 25.7. The molecule has 1 aromatic rings. The van der Waals surface area contributed by atoms with Crippen LogP contribution in [0.1, 0.15) is 90.0 Å². The van der Waals surface area contributed by atoms with Crippen LogP contribution in [0.4, 0.5) is 0 Å². The fourth-order valence-corrected chi connectivity index (χ4v) is 5.91. The summed E-state index contributed by atoms with van der Waals surface area (Å²) < 4.78 is 12.6. The molecular formula is C28H36N4O2. The van der Waals surface area contributed by atoms with Gasteiger partial charge in [-0.3, -0.25) is 5.41 Å². The predicted molar refractivity (Wildman–Crippen MR) is 129 cm³/mol. The zero-order chi connectivity index (χ0) is 24.7. The summed E-state index contributed by atoms with van der Waals surface area (Å²) in [6.07, 6.45) is 10.5. The van der Waals surface area contributed by atoms with Crippen molar-refractivity contribution in [2.24, 2.45) is 16.7 Å². The Labute approximate surface area is 204 Å². The average Bonchev–Trinajstić information content (AvgIpc) is 3.07. The molecule has 0 spiro atoms. The summed E-state index contributed by atoms with van der Waals surface area (Å²) in [6, 6.07) is 15.9. The number of hydrogen-bond donors (Lipinski definition) is 1. The smallest absolute Gasteiger partial charge is 0.244 e. The number of hydrogen-bond acceptors (Lipinski definition) is 6. The summed E-state index contributed by atoms with van der Waals surface area (Å²) >= 11 is 0. The quantitative estimate of drug-likeness (QED) is 0.347. The Morgan fingerprint density at radius 1 is 0.853 bits per heavy atom. The number of rotatable bonds is 12. The van der Waals surface area contributed by atoms with Crippen LogP contribution in [0, 0.1) is 56.2 Å². The zero-order valence-electron chi connectivity index (χ0n) is 20.5. The van der Waals surface area contributed by atoms with E-state index in [2.05, 4.69) is 25.1 Å². The van der Waals surface area contributed by atoms with Crippen molar-refractivity contribution in [1.82, 2.24) is 0 Å². The Morgan fingerprint density at radius 2 is 1.44 bits per heavy atom. The van der Waals surface area contributed by atoms with Crippen LogP contribution >= 0.6 is 0 Å². The Bertz CT molecular complexity index is 959. The zero-order valence-corrected chi connectivity index (χ0v) is 20.5. The van der Waals surface area contributed by atoms with Gasteiger partial charge in [-0.2, -0.15) is 15.8 Å². The molecular weight excluding hydrogens is 424 g/mol. The third kappa shape index (κ3) is 3.97. The minimum atomic E-state index is -1.80. The topological polar surface area (TPSA) is 114 Å². The largest absolute Gasteiger partial charge is 0.443 e. The molecule has 0 amide bonds. The van der Waals surface area contributed by atoms with Gasteiger partial charge in [0.1, 0.15) is 0 Å². The van der Waals surface area contributed by atoms with E-state index in [4.69, 9.17) is 14.9 Å². The summed E-state index contributed by atoms with van der Waals surface area (Å²) in [7, 11) is 0. The highest BCUT2D eigenvalue weighted by Crippen LogP contribution is 2.67. The minimum Gasteiger partial charge on any atom is -0.443 e. The summed E-state index contributed by atoms with van der Waals surface area (Å²) in [4.78, 5) is 0. The summed E-state index contributed by atoms with van der Waals surface area (Å²) in [5.74, 6) is -2.31. The van der Waals surface area contributed by atoms with Crippen molar-refractivity contribution in [2.45, 2.75) is 96.4 Å². The molecule has 0 aliphatic carbocycles. The van der Waals surface area contributed by atoms with E-state index in [1.54, 1.807) is 0 Å². The number of fused-ring (bicyclic) bond motifs is 2. The van der Waals surface area contributed by atoms with E-state index in [1.165, 1.54) is 38.5 Å². The van der Waals surface area contributed by atoms with Crippen LogP contribution in [-0.2, 0) is 15.3 Å². The molecule has 0 aromatic heterocycles. The highest BCUT2D eigenvalue weighted by atomic mass is 16.7. The average molecular weight is 461 g/mol. The van der Waals surface area contributed by atoms with Crippen molar-refractivity contribution in [2.75, 3.05) is 0 Å². The van der Waals surface area contributed by atoms with Gasteiger partial charge < -0.3 is 9.47 Å². The van der Waals surface area contributed by atoms with E-state index in [0.29, 0.717) is 18.4 Å². The van der Waals surface area contributed by atoms with Crippen molar-refractivity contribution >= 4 is 5.90 Å². The lowest BCUT2D eigenvalue weighted by Crippen LogP contribution is -2.61. The molecule has 2 bridgehead atoms. The number of nitrogens with one attached hydrogen (secondary N) is 1. The Hall–Kier alpha value is -2.88. The monoisotopic (exact) mass is 460 g/mol. The van der Waals surface area contributed by atoms with Gasteiger partial charge in [-0.05, 0) is 12.8 Å². The molecule has 4 atom stereocenters. The first-order chi connectivity index (χ1) is 16.5. The first-order valence-corrected chi connectivity index (χ1v) is 12.8. The van der Waals surface area contributed by atoms with Gasteiger partial charge in [-0.1, -0.05) is 102 Å². The summed E-state index contributed by atoms with van der Waals surface area (Å²) in [5.41, 5.74) is -2.76. The van der Waals surface area contributed by atoms with E-state index in [-0.39, 0.29) is 5.90 Å². The summed E-state index contributed by atoms with van der Waals surface area (Å²) in [5, 5.41) is 39.7. The van der Waals surface area contributed by atoms with E-state index in [1.807, 2.05) is 37.3 Å². The molecule has 0 saturated carbocycles. The molecule has 0 radical (unpaired) electrons. The highest BCUT2D eigenvalue weighted by Gasteiger charge is 2.79. The number of unbranched alkanes of at least 4 members (excludes halogenated alkanes) is 8. The third-order valence-electron chi connectivity index (χ3n) is 7.70. The van der Waals surface area contributed by atoms with E-state index in [9.17, 15) is 15.8 Å². The number of nitriles is 3. The van der Waals surface area contributed by atoms with Crippen LogP contribution in [0.25, 0.3) is 0 Å². The van der Waals surface area contributed by atoms with Gasteiger partial charge in [0.25, 0.3) is 0 Å². The second-order valence-corrected chi connectivity index (χ2v) is 9.60. The van der Waals surface area contributed by atoms with Crippen molar-refractivity contribution in [1.29, 1.82) is 21.2 Å². The molecule has 2 heterocycles. The van der Waals surface area contributed by atoms with Crippen LogP contribution in [0.15, 0.2) is 30.3 Å². The third-order valence-corrected chi connectivity index (χ3v) is 7.70. The van der Waals surface area contributed by atoms with Gasteiger partial charge in [0.05, 0.1) is 30.2 Å². The maximum atomic E-state index is 10.4. The molecule has 1 aromatic carbocycles. The van der Waals surface area contributed by atoms with Crippen LogP contribution in [0.2, 0.25) is 0 Å². The minimum absolute atomic E-state index is 0.330. The maximum absolute atomic E-state index is 10.4. The number of ether oxygens (including phenoxy) is 2.